The average Bonchev–Trinajstić information content (AvgIpc) is 2.45. The van der Waals surface area contributed by atoms with Crippen molar-refractivity contribution >= 4 is 0 Å². The molecule has 2 rings (SSSR count). The van der Waals surface area contributed by atoms with Crippen LogP contribution in [-0.4, -0.2) is 16.7 Å². The number of benzene rings is 1. The monoisotopic (exact) mass is 259 g/mol. The molecule has 0 fully saturated rings. The van der Waals surface area contributed by atoms with E-state index in [0.717, 1.165) is 17.7 Å². The van der Waals surface area contributed by atoms with E-state index in [1.165, 1.54) is 0 Å². The van der Waals surface area contributed by atoms with Crippen LogP contribution in [0.25, 0.3) is 11.3 Å². The smallest absolute Gasteiger partial charge is 0.253 e. The van der Waals surface area contributed by atoms with E-state index in [2.05, 4.69) is 4.98 Å². The number of hydrogen-bond acceptors (Lipinski definition) is 3. The van der Waals surface area contributed by atoms with E-state index in [0.29, 0.717) is 17.9 Å². The summed E-state index contributed by atoms with van der Waals surface area (Å²) in [5, 5.41) is 9.01. The largest absolute Gasteiger partial charge is 0.493 e. The van der Waals surface area contributed by atoms with Crippen molar-refractivity contribution in [2.24, 2.45) is 0 Å². The van der Waals surface area contributed by atoms with Crippen LogP contribution >= 0.6 is 0 Å². The zero-order valence-corrected chi connectivity index (χ0v) is 10.8. The first-order valence-corrected chi connectivity index (χ1v) is 6.31. The summed E-state index contributed by atoms with van der Waals surface area (Å²) in [4.78, 5) is 14.5. The van der Waals surface area contributed by atoms with Crippen LogP contribution in [0.5, 0.6) is 5.75 Å². The van der Waals surface area contributed by atoms with Gasteiger partial charge in [-0.2, -0.15) is 0 Å². The van der Waals surface area contributed by atoms with Crippen molar-refractivity contribution in [1.82, 2.24) is 4.98 Å². The summed E-state index contributed by atoms with van der Waals surface area (Å²) in [6.45, 7) is 2.42. The van der Waals surface area contributed by atoms with Gasteiger partial charge in [0, 0.05) is 11.1 Å². The number of aromatic amines is 1. The molecule has 1 aromatic heterocycles. The molecule has 0 aliphatic heterocycles. The molecule has 0 saturated heterocycles. The van der Waals surface area contributed by atoms with Gasteiger partial charge in [0.05, 0.1) is 18.9 Å². The number of aliphatic hydroxyl groups is 1. The number of H-pyrrole nitrogens is 1. The molecular formula is C15H17NO3. The molecule has 0 unspecified atom stereocenters. The highest BCUT2D eigenvalue weighted by atomic mass is 16.5. The van der Waals surface area contributed by atoms with Crippen molar-refractivity contribution in [2.45, 2.75) is 20.0 Å². The van der Waals surface area contributed by atoms with Crippen molar-refractivity contribution < 1.29 is 9.84 Å². The Morgan fingerprint density at radius 2 is 2.00 bits per heavy atom. The van der Waals surface area contributed by atoms with Crippen LogP contribution in [0.1, 0.15) is 18.9 Å². The van der Waals surface area contributed by atoms with Gasteiger partial charge in [-0.25, -0.2) is 0 Å². The highest BCUT2D eigenvalue weighted by molar-refractivity contribution is 5.66. The quantitative estimate of drug-likeness (QED) is 0.866. The minimum absolute atomic E-state index is 0.260. The molecule has 4 heteroatoms. The first-order chi connectivity index (χ1) is 9.26. The molecule has 2 aromatic rings. The van der Waals surface area contributed by atoms with E-state index in [1.54, 1.807) is 12.1 Å². The Bertz CT molecular complexity index is 604. The van der Waals surface area contributed by atoms with E-state index in [-0.39, 0.29) is 12.2 Å². The second-order valence-electron chi connectivity index (χ2n) is 4.23. The molecule has 0 amide bonds. The maximum Gasteiger partial charge on any atom is 0.253 e. The molecule has 1 aromatic carbocycles. The molecule has 1 heterocycles. The first kappa shape index (κ1) is 13.4. The molecule has 2 N–H and O–H groups in total. The third-order valence-corrected chi connectivity index (χ3v) is 2.80. The van der Waals surface area contributed by atoms with Gasteiger partial charge in [-0.15, -0.1) is 0 Å². The topological polar surface area (TPSA) is 62.3 Å². The van der Waals surface area contributed by atoms with E-state index in [1.807, 2.05) is 31.2 Å². The molecule has 0 atom stereocenters. The molecule has 0 aliphatic carbocycles. The summed E-state index contributed by atoms with van der Waals surface area (Å²) in [6, 6.07) is 11.0. The summed E-state index contributed by atoms with van der Waals surface area (Å²) in [5.74, 6) is 0.747. The van der Waals surface area contributed by atoms with Crippen LogP contribution in [-0.2, 0) is 6.61 Å². The number of rotatable bonds is 5. The van der Waals surface area contributed by atoms with Gasteiger partial charge < -0.3 is 14.8 Å². The third kappa shape index (κ3) is 3.03. The van der Waals surface area contributed by atoms with Crippen molar-refractivity contribution in [3.8, 4) is 17.0 Å². The molecule has 100 valence electrons. The highest BCUT2D eigenvalue weighted by Gasteiger charge is 2.07. The highest BCUT2D eigenvalue weighted by Crippen LogP contribution is 2.27. The summed E-state index contributed by atoms with van der Waals surface area (Å²) in [6.07, 6.45) is 0.925. The Hall–Kier alpha value is -2.07. The van der Waals surface area contributed by atoms with E-state index in [9.17, 15) is 4.79 Å². The predicted octanol–water partition coefficient (Wildman–Crippen LogP) is 2.32. The second-order valence-corrected chi connectivity index (χ2v) is 4.23. The maximum atomic E-state index is 11.7. The van der Waals surface area contributed by atoms with Crippen LogP contribution < -0.4 is 10.3 Å². The zero-order chi connectivity index (χ0) is 13.7. The van der Waals surface area contributed by atoms with Crippen LogP contribution in [0.2, 0.25) is 0 Å². The van der Waals surface area contributed by atoms with Gasteiger partial charge in [-0.05, 0) is 30.7 Å². The Labute approximate surface area is 111 Å². The van der Waals surface area contributed by atoms with E-state index >= 15 is 0 Å². The number of ether oxygens (including phenoxy) is 1. The van der Waals surface area contributed by atoms with Gasteiger partial charge in [0.1, 0.15) is 5.75 Å². The number of aliphatic hydroxyl groups excluding tert-OH is 1. The van der Waals surface area contributed by atoms with Crippen molar-refractivity contribution in [1.29, 1.82) is 0 Å². The number of pyridine rings is 1. The summed E-state index contributed by atoms with van der Waals surface area (Å²) >= 11 is 0. The lowest BCUT2D eigenvalue weighted by Gasteiger charge is -2.11. The maximum absolute atomic E-state index is 11.7. The minimum atomic E-state index is -0.273. The van der Waals surface area contributed by atoms with Gasteiger partial charge in [-0.1, -0.05) is 19.1 Å². The number of nitrogens with one attached hydrogen (secondary N) is 1. The fourth-order valence-electron chi connectivity index (χ4n) is 1.81. The predicted molar refractivity (Wildman–Crippen MR) is 74.2 cm³/mol. The molecule has 4 nitrogen and oxygen atoms in total. The van der Waals surface area contributed by atoms with E-state index in [4.69, 9.17) is 9.84 Å². The first-order valence-electron chi connectivity index (χ1n) is 6.31. The Balaban J connectivity index is 2.41. The van der Waals surface area contributed by atoms with Gasteiger partial charge >= 0.3 is 0 Å². The molecular weight excluding hydrogens is 242 g/mol. The Morgan fingerprint density at radius 1 is 1.21 bits per heavy atom. The lowest BCUT2D eigenvalue weighted by molar-refractivity contribution is 0.280. The lowest BCUT2D eigenvalue weighted by Crippen LogP contribution is -2.12. The summed E-state index contributed by atoms with van der Waals surface area (Å²) in [5.41, 5.74) is 1.62. The molecule has 0 spiro atoms. The average molecular weight is 259 g/mol. The number of aromatic nitrogens is 1. The number of hydrogen-bond donors (Lipinski definition) is 2. The van der Waals surface area contributed by atoms with Gasteiger partial charge in [0.15, 0.2) is 0 Å². The van der Waals surface area contributed by atoms with E-state index < -0.39 is 0 Å². The lowest BCUT2D eigenvalue weighted by atomic mass is 10.1. The Morgan fingerprint density at radius 3 is 2.68 bits per heavy atom. The molecule has 0 radical (unpaired) electrons. The van der Waals surface area contributed by atoms with Gasteiger partial charge in [0.2, 0.25) is 0 Å². The summed E-state index contributed by atoms with van der Waals surface area (Å²) < 4.78 is 5.67. The van der Waals surface area contributed by atoms with Crippen LogP contribution in [0.4, 0.5) is 0 Å². The Kier molecular flexibility index (Phi) is 4.36. The van der Waals surface area contributed by atoms with Gasteiger partial charge in [-0.3, -0.25) is 4.79 Å². The van der Waals surface area contributed by atoms with Crippen molar-refractivity contribution in [3.63, 3.8) is 0 Å². The normalized spacial score (nSPS) is 10.4. The van der Waals surface area contributed by atoms with Crippen LogP contribution in [0.15, 0.2) is 41.2 Å². The minimum Gasteiger partial charge on any atom is -0.493 e. The van der Waals surface area contributed by atoms with Crippen LogP contribution in [0.3, 0.4) is 0 Å². The fourth-order valence-corrected chi connectivity index (χ4v) is 1.81. The fraction of sp³-hybridized carbons (Fsp3) is 0.267. The molecule has 19 heavy (non-hydrogen) atoms. The van der Waals surface area contributed by atoms with Crippen molar-refractivity contribution in [2.75, 3.05) is 6.61 Å². The number of para-hydroxylation sites is 1. The summed E-state index contributed by atoms with van der Waals surface area (Å²) in [7, 11) is 0. The zero-order valence-electron chi connectivity index (χ0n) is 10.8. The van der Waals surface area contributed by atoms with Crippen molar-refractivity contribution in [3.05, 3.63) is 52.3 Å². The molecule has 0 bridgehead atoms. The van der Waals surface area contributed by atoms with Crippen LogP contribution in [0, 0.1) is 0 Å². The third-order valence-electron chi connectivity index (χ3n) is 2.80. The van der Waals surface area contributed by atoms with Gasteiger partial charge in [0.25, 0.3) is 5.56 Å². The second kappa shape index (κ2) is 6.20. The molecule has 0 aliphatic rings. The molecule has 0 saturated carbocycles. The SMILES string of the molecule is CCCOc1ccccc1-c1ccc(CO)c(=O)[nH]1. The standard InChI is InChI=1S/C15H17NO3/c1-2-9-19-14-6-4-3-5-12(14)13-8-7-11(10-17)15(18)16-13/h3-8,17H,2,9-10H2,1H3,(H,16,18).